The number of Topliss-reactive ketones (excluding diaryl/α,β-unsaturated/α-hetero) is 1. The number of alkyl carbamates (subject to hydrolysis) is 1. The van der Waals surface area contributed by atoms with E-state index >= 15 is 0 Å². The Morgan fingerprint density at radius 3 is 2.19 bits per heavy atom. The number of carbonyl (C=O) groups is 4. The van der Waals surface area contributed by atoms with Gasteiger partial charge in [0.2, 0.25) is 11.7 Å². The molecule has 2 atom stereocenters. The minimum Gasteiger partial charge on any atom is -0.447 e. The van der Waals surface area contributed by atoms with E-state index in [2.05, 4.69) is 15.5 Å². The minimum atomic E-state index is -1.15. The number of methoxy groups -OCH3 is 1. The molecule has 0 radical (unpaired) electrons. The van der Waals surface area contributed by atoms with Crippen molar-refractivity contribution in [2.24, 2.45) is 5.92 Å². The molecule has 1 aromatic carbocycles. The molecule has 2 unspecified atom stereocenters. The maximum Gasteiger partial charge on any atom is 0.407 e. The number of nitrogens with one attached hydrogen (secondary N) is 3. The van der Waals surface area contributed by atoms with Gasteiger partial charge in [-0.1, -0.05) is 44.2 Å². The molecule has 1 rings (SSSR count). The third-order valence-corrected chi connectivity index (χ3v) is 4.17. The van der Waals surface area contributed by atoms with E-state index in [4.69, 9.17) is 9.47 Å². The molecule has 0 bridgehead atoms. The van der Waals surface area contributed by atoms with Crippen molar-refractivity contribution >= 4 is 23.7 Å². The first-order valence-electron chi connectivity index (χ1n) is 9.92. The molecule has 0 aliphatic heterocycles. The number of rotatable bonds is 13. The van der Waals surface area contributed by atoms with Gasteiger partial charge in [-0.15, -0.1) is 0 Å². The van der Waals surface area contributed by atoms with Crippen LogP contribution in [-0.4, -0.2) is 63.2 Å². The smallest absolute Gasteiger partial charge is 0.407 e. The van der Waals surface area contributed by atoms with Crippen LogP contribution in [0.2, 0.25) is 0 Å². The zero-order valence-corrected chi connectivity index (χ0v) is 18.3. The summed E-state index contributed by atoms with van der Waals surface area (Å²) in [5.74, 6) is -2.40. The van der Waals surface area contributed by atoms with Gasteiger partial charge >= 0.3 is 12.0 Å². The highest BCUT2D eigenvalue weighted by atomic mass is 16.6. The second-order valence-corrected chi connectivity index (χ2v) is 7.21. The number of carbonyl (C=O) groups excluding carboxylic acids is 4. The van der Waals surface area contributed by atoms with Crippen LogP contribution in [0.4, 0.5) is 4.79 Å². The lowest BCUT2D eigenvalue weighted by Gasteiger charge is -2.23. The third kappa shape index (κ3) is 10.1. The van der Waals surface area contributed by atoms with E-state index in [9.17, 15) is 19.2 Å². The van der Waals surface area contributed by atoms with Crippen LogP contribution in [0.25, 0.3) is 0 Å². The van der Waals surface area contributed by atoms with Crippen molar-refractivity contribution in [2.45, 2.75) is 38.8 Å². The second kappa shape index (κ2) is 14.1. The van der Waals surface area contributed by atoms with Crippen LogP contribution < -0.4 is 16.1 Å². The van der Waals surface area contributed by atoms with Gasteiger partial charge in [0.1, 0.15) is 18.7 Å². The minimum absolute atomic E-state index is 0.0324. The third-order valence-electron chi connectivity index (χ3n) is 4.17. The van der Waals surface area contributed by atoms with E-state index in [1.807, 2.05) is 25.4 Å². The molecule has 172 valence electrons. The van der Waals surface area contributed by atoms with Crippen LogP contribution in [0.1, 0.15) is 25.8 Å². The molecule has 0 saturated carbocycles. The fourth-order valence-corrected chi connectivity index (χ4v) is 2.74. The van der Waals surface area contributed by atoms with E-state index in [1.54, 1.807) is 24.3 Å². The van der Waals surface area contributed by atoms with E-state index in [0.29, 0.717) is 6.42 Å². The summed E-state index contributed by atoms with van der Waals surface area (Å²) >= 11 is 0. The second-order valence-electron chi connectivity index (χ2n) is 7.21. The van der Waals surface area contributed by atoms with Gasteiger partial charge in [0.15, 0.2) is 0 Å². The normalized spacial score (nSPS) is 12.5. The molecule has 1 aromatic rings. The van der Waals surface area contributed by atoms with Gasteiger partial charge in [0.25, 0.3) is 0 Å². The van der Waals surface area contributed by atoms with E-state index in [0.717, 1.165) is 5.56 Å². The van der Waals surface area contributed by atoms with Gasteiger partial charge in [-0.25, -0.2) is 10.3 Å². The lowest BCUT2D eigenvalue weighted by atomic mass is 9.99. The van der Waals surface area contributed by atoms with Gasteiger partial charge in [-0.3, -0.25) is 19.2 Å². The molecule has 10 heteroatoms. The maximum absolute atomic E-state index is 12.9. The van der Waals surface area contributed by atoms with Gasteiger partial charge in [-0.05, 0) is 17.9 Å². The van der Waals surface area contributed by atoms with Gasteiger partial charge in [-0.2, -0.15) is 0 Å². The van der Waals surface area contributed by atoms with Gasteiger partial charge < -0.3 is 20.1 Å². The standard InChI is InChI=1S/C21H31N3O7/c1-14(2)12-17(23-21(28)31-11-10-29-3)19(26)22-16(18(25)20(27)24-30-4)13-15-8-6-5-7-9-15/h5-9,14,16-17H,10-13H2,1-4H3,(H,22,26)(H,23,28)(H,24,27). The predicted molar refractivity (Wildman–Crippen MR) is 112 cm³/mol. The van der Waals surface area contributed by atoms with Crippen molar-refractivity contribution in [3.63, 3.8) is 0 Å². The summed E-state index contributed by atoms with van der Waals surface area (Å²) in [5, 5.41) is 5.09. The molecule has 0 aromatic heterocycles. The highest BCUT2D eigenvalue weighted by molar-refractivity contribution is 6.38. The predicted octanol–water partition coefficient (Wildman–Crippen LogP) is 0.748. The summed E-state index contributed by atoms with van der Waals surface area (Å²) in [7, 11) is 2.67. The summed E-state index contributed by atoms with van der Waals surface area (Å²) in [4.78, 5) is 54.0. The summed E-state index contributed by atoms with van der Waals surface area (Å²) in [5.41, 5.74) is 2.71. The Morgan fingerprint density at radius 2 is 1.61 bits per heavy atom. The molecule has 31 heavy (non-hydrogen) atoms. The van der Waals surface area contributed by atoms with Crippen molar-refractivity contribution in [3.8, 4) is 0 Å². The van der Waals surface area contributed by atoms with E-state index in [1.165, 1.54) is 14.2 Å². The summed E-state index contributed by atoms with van der Waals surface area (Å²) in [6.07, 6.45) is -0.377. The Kier molecular flexibility index (Phi) is 11.9. The SMILES string of the molecule is COCCOC(=O)NC(CC(C)C)C(=O)NC(Cc1ccccc1)C(=O)C(=O)NOC. The average molecular weight is 437 g/mol. The first kappa shape index (κ1) is 26.1. The lowest BCUT2D eigenvalue weighted by molar-refractivity contribution is -0.146. The monoisotopic (exact) mass is 437 g/mol. The van der Waals surface area contributed by atoms with Gasteiger partial charge in [0, 0.05) is 13.5 Å². The number of benzene rings is 1. The molecular weight excluding hydrogens is 406 g/mol. The molecular formula is C21H31N3O7. The van der Waals surface area contributed by atoms with E-state index < -0.39 is 35.8 Å². The van der Waals surface area contributed by atoms with Crippen LogP contribution in [0, 0.1) is 5.92 Å². The molecule has 3 amide bonds. The molecule has 0 aliphatic rings. The molecule has 0 fully saturated rings. The summed E-state index contributed by atoms with van der Waals surface area (Å²) < 4.78 is 9.78. The molecule has 0 saturated heterocycles. The van der Waals surface area contributed by atoms with Crippen molar-refractivity contribution in [3.05, 3.63) is 35.9 Å². The number of hydrogen-bond acceptors (Lipinski definition) is 7. The Labute approximate surface area is 181 Å². The Balaban J connectivity index is 2.94. The number of hydrogen-bond donors (Lipinski definition) is 3. The molecule has 3 N–H and O–H groups in total. The fraction of sp³-hybridized carbons (Fsp3) is 0.524. The van der Waals surface area contributed by atoms with E-state index in [-0.39, 0.29) is 25.6 Å². The highest BCUT2D eigenvalue weighted by Gasteiger charge is 2.31. The molecule has 0 spiro atoms. The highest BCUT2D eigenvalue weighted by Crippen LogP contribution is 2.09. The first-order chi connectivity index (χ1) is 14.8. The summed E-state index contributed by atoms with van der Waals surface area (Å²) in [6, 6.07) is 6.83. The Bertz CT molecular complexity index is 725. The van der Waals surface area contributed by atoms with Crippen molar-refractivity contribution < 1.29 is 33.5 Å². The van der Waals surface area contributed by atoms with Crippen molar-refractivity contribution in [1.29, 1.82) is 0 Å². The topological polar surface area (TPSA) is 132 Å². The number of amides is 3. The van der Waals surface area contributed by atoms with Gasteiger partial charge in [0.05, 0.1) is 13.7 Å². The zero-order valence-electron chi connectivity index (χ0n) is 18.3. The Morgan fingerprint density at radius 1 is 0.935 bits per heavy atom. The van der Waals surface area contributed by atoms with Crippen molar-refractivity contribution in [2.75, 3.05) is 27.4 Å². The van der Waals surface area contributed by atoms with Crippen LogP contribution in [0.15, 0.2) is 30.3 Å². The molecule has 10 nitrogen and oxygen atoms in total. The Hall–Kier alpha value is -2.98. The molecule has 0 heterocycles. The first-order valence-corrected chi connectivity index (χ1v) is 9.92. The fourth-order valence-electron chi connectivity index (χ4n) is 2.74. The lowest BCUT2D eigenvalue weighted by Crippen LogP contribution is -2.54. The van der Waals surface area contributed by atoms with Crippen LogP contribution in [0.3, 0.4) is 0 Å². The molecule has 0 aliphatic carbocycles. The largest absolute Gasteiger partial charge is 0.447 e. The zero-order chi connectivity index (χ0) is 23.2. The number of ether oxygens (including phenoxy) is 2. The van der Waals surface area contributed by atoms with Crippen molar-refractivity contribution in [1.82, 2.24) is 16.1 Å². The quantitative estimate of drug-likeness (QED) is 0.236. The maximum atomic E-state index is 12.9. The van der Waals surface area contributed by atoms with Crippen LogP contribution >= 0.6 is 0 Å². The van der Waals surface area contributed by atoms with Crippen LogP contribution in [0.5, 0.6) is 0 Å². The average Bonchev–Trinajstić information content (AvgIpc) is 2.73. The number of ketones is 1. The van der Waals surface area contributed by atoms with Crippen LogP contribution in [-0.2, 0) is 35.1 Å². The summed E-state index contributed by atoms with van der Waals surface area (Å²) in [6.45, 7) is 4.02. The number of hydroxylamine groups is 1.